The van der Waals surface area contributed by atoms with Crippen LogP contribution in [0.1, 0.15) is 0 Å². The van der Waals surface area contributed by atoms with Crippen LogP contribution in [0.5, 0.6) is 5.75 Å². The summed E-state index contributed by atoms with van der Waals surface area (Å²) in [6.07, 6.45) is 1.90. The summed E-state index contributed by atoms with van der Waals surface area (Å²) in [6, 6.07) is 14.9. The number of amides is 1. The van der Waals surface area contributed by atoms with E-state index in [9.17, 15) is 4.79 Å². The number of hydrogen-bond acceptors (Lipinski definition) is 5. The first kappa shape index (κ1) is 20.3. The van der Waals surface area contributed by atoms with Gasteiger partial charge in [-0.3, -0.25) is 9.48 Å². The highest BCUT2D eigenvalue weighted by Crippen LogP contribution is 2.31. The van der Waals surface area contributed by atoms with Gasteiger partial charge < -0.3 is 19.7 Å². The molecule has 0 aliphatic carbocycles. The van der Waals surface area contributed by atoms with E-state index in [4.69, 9.17) is 26.2 Å². The van der Waals surface area contributed by atoms with Crippen molar-refractivity contribution in [1.29, 1.82) is 0 Å². The summed E-state index contributed by atoms with van der Waals surface area (Å²) in [5.41, 5.74) is 2.64. The molecule has 1 saturated heterocycles. The summed E-state index contributed by atoms with van der Waals surface area (Å²) in [5.74, 6) is 1.36. The third kappa shape index (κ3) is 4.75. The molecular formula is C22H23ClN4O3. The van der Waals surface area contributed by atoms with Crippen LogP contribution in [0.15, 0.2) is 54.7 Å². The van der Waals surface area contributed by atoms with E-state index in [0.29, 0.717) is 29.7 Å². The zero-order valence-electron chi connectivity index (χ0n) is 16.7. The minimum Gasteiger partial charge on any atom is -0.497 e. The number of aromatic nitrogens is 2. The number of morpholine rings is 1. The maximum atomic E-state index is 12.6. The summed E-state index contributed by atoms with van der Waals surface area (Å²) in [5, 5.41) is 8.28. The molecule has 3 aromatic rings. The zero-order valence-corrected chi connectivity index (χ0v) is 17.4. The number of hydrogen-bond donors (Lipinski definition) is 1. The molecule has 2 aromatic carbocycles. The summed E-state index contributed by atoms with van der Waals surface area (Å²) in [6.45, 7) is 2.93. The second-order valence-corrected chi connectivity index (χ2v) is 7.39. The molecule has 1 N–H and O–H groups in total. The first-order chi connectivity index (χ1) is 14.6. The van der Waals surface area contributed by atoms with Crippen LogP contribution >= 0.6 is 11.6 Å². The Labute approximate surface area is 180 Å². The molecule has 156 valence electrons. The normalized spacial score (nSPS) is 13.9. The summed E-state index contributed by atoms with van der Waals surface area (Å²) >= 11 is 6.05. The highest BCUT2D eigenvalue weighted by atomic mass is 35.5. The maximum Gasteiger partial charge on any atom is 0.246 e. The quantitative estimate of drug-likeness (QED) is 0.651. The second-order valence-electron chi connectivity index (χ2n) is 6.95. The Bertz CT molecular complexity index is 1010. The van der Waals surface area contributed by atoms with E-state index in [1.54, 1.807) is 17.9 Å². The number of rotatable bonds is 6. The van der Waals surface area contributed by atoms with Crippen LogP contribution in [-0.4, -0.2) is 49.1 Å². The number of carbonyl (C=O) groups is 1. The van der Waals surface area contributed by atoms with Crippen LogP contribution in [0.4, 0.5) is 11.5 Å². The third-order valence-electron chi connectivity index (χ3n) is 4.87. The van der Waals surface area contributed by atoms with Crippen molar-refractivity contribution in [2.24, 2.45) is 0 Å². The van der Waals surface area contributed by atoms with Gasteiger partial charge in [-0.05, 0) is 29.8 Å². The number of nitrogens with zero attached hydrogens (tertiary/aromatic N) is 3. The molecule has 30 heavy (non-hydrogen) atoms. The predicted molar refractivity (Wildman–Crippen MR) is 117 cm³/mol. The molecule has 1 amide bonds. The molecule has 2 heterocycles. The molecule has 0 unspecified atom stereocenters. The van der Waals surface area contributed by atoms with Crippen LogP contribution in [-0.2, 0) is 16.1 Å². The van der Waals surface area contributed by atoms with Crippen molar-refractivity contribution in [3.8, 4) is 16.9 Å². The van der Waals surface area contributed by atoms with Gasteiger partial charge in [0.25, 0.3) is 0 Å². The Morgan fingerprint density at radius 1 is 1.20 bits per heavy atom. The highest BCUT2D eigenvalue weighted by molar-refractivity contribution is 6.30. The molecule has 0 atom stereocenters. The molecule has 1 aliphatic rings. The van der Waals surface area contributed by atoms with E-state index in [1.165, 1.54) is 0 Å². The third-order valence-corrected chi connectivity index (χ3v) is 5.12. The van der Waals surface area contributed by atoms with Gasteiger partial charge in [0, 0.05) is 41.6 Å². The first-order valence-electron chi connectivity index (χ1n) is 9.72. The van der Waals surface area contributed by atoms with Crippen molar-refractivity contribution in [1.82, 2.24) is 9.78 Å². The first-order valence-corrected chi connectivity index (χ1v) is 10.1. The topological polar surface area (TPSA) is 68.6 Å². The Morgan fingerprint density at radius 3 is 2.70 bits per heavy atom. The van der Waals surface area contributed by atoms with Gasteiger partial charge in [0.05, 0.1) is 20.3 Å². The number of methoxy groups -OCH3 is 1. The fourth-order valence-electron chi connectivity index (χ4n) is 3.38. The van der Waals surface area contributed by atoms with Gasteiger partial charge in [0.15, 0.2) is 5.82 Å². The maximum absolute atomic E-state index is 12.6. The zero-order chi connectivity index (χ0) is 20.9. The summed E-state index contributed by atoms with van der Waals surface area (Å²) < 4.78 is 12.3. The largest absolute Gasteiger partial charge is 0.497 e. The van der Waals surface area contributed by atoms with Crippen molar-refractivity contribution in [2.75, 3.05) is 43.6 Å². The lowest BCUT2D eigenvalue weighted by Crippen LogP contribution is -2.36. The average molecular weight is 427 g/mol. The number of nitrogens with one attached hydrogen (secondary N) is 1. The number of carbonyl (C=O) groups excluding carboxylic acids is 1. The molecule has 1 aromatic heterocycles. The molecule has 0 saturated carbocycles. The van der Waals surface area contributed by atoms with Gasteiger partial charge >= 0.3 is 0 Å². The number of ether oxygens (including phenoxy) is 2. The second kappa shape index (κ2) is 9.19. The van der Waals surface area contributed by atoms with E-state index >= 15 is 0 Å². The van der Waals surface area contributed by atoms with Crippen LogP contribution in [0.3, 0.4) is 0 Å². The van der Waals surface area contributed by atoms with Crippen LogP contribution in [0, 0.1) is 0 Å². The van der Waals surface area contributed by atoms with Crippen LogP contribution < -0.4 is 15.0 Å². The average Bonchev–Trinajstić information content (AvgIpc) is 3.18. The van der Waals surface area contributed by atoms with Gasteiger partial charge in [0.1, 0.15) is 12.3 Å². The van der Waals surface area contributed by atoms with Gasteiger partial charge in [-0.2, -0.15) is 5.10 Å². The molecule has 4 rings (SSSR count). The van der Waals surface area contributed by atoms with Crippen molar-refractivity contribution < 1.29 is 14.3 Å². The Balaban J connectivity index is 1.56. The molecule has 0 spiro atoms. The molecule has 7 nitrogen and oxygen atoms in total. The Morgan fingerprint density at radius 2 is 1.97 bits per heavy atom. The SMILES string of the molecule is COc1cccc(NC(=O)Cn2cc(-c3ccc(Cl)cc3)c(N3CCOCC3)n2)c1. The van der Waals surface area contributed by atoms with Gasteiger partial charge in [-0.15, -0.1) is 0 Å². The molecule has 1 aliphatic heterocycles. The number of anilines is 2. The lowest BCUT2D eigenvalue weighted by Gasteiger charge is -2.27. The van der Waals surface area contributed by atoms with Crippen molar-refractivity contribution in [3.63, 3.8) is 0 Å². The van der Waals surface area contributed by atoms with Crippen molar-refractivity contribution in [3.05, 3.63) is 59.8 Å². The summed E-state index contributed by atoms with van der Waals surface area (Å²) in [4.78, 5) is 14.8. The molecular weight excluding hydrogens is 404 g/mol. The monoisotopic (exact) mass is 426 g/mol. The highest BCUT2D eigenvalue weighted by Gasteiger charge is 2.20. The van der Waals surface area contributed by atoms with Crippen LogP contribution in [0.2, 0.25) is 5.02 Å². The van der Waals surface area contributed by atoms with E-state index in [-0.39, 0.29) is 12.5 Å². The lowest BCUT2D eigenvalue weighted by molar-refractivity contribution is -0.116. The molecule has 0 radical (unpaired) electrons. The number of halogens is 1. The smallest absolute Gasteiger partial charge is 0.246 e. The van der Waals surface area contributed by atoms with E-state index in [0.717, 1.165) is 30.0 Å². The molecule has 8 heteroatoms. The fraction of sp³-hybridized carbons (Fsp3) is 0.273. The minimum absolute atomic E-state index is 0.0993. The lowest BCUT2D eigenvalue weighted by atomic mass is 10.1. The van der Waals surface area contributed by atoms with E-state index in [1.807, 2.05) is 48.7 Å². The van der Waals surface area contributed by atoms with E-state index in [2.05, 4.69) is 10.2 Å². The summed E-state index contributed by atoms with van der Waals surface area (Å²) in [7, 11) is 1.59. The van der Waals surface area contributed by atoms with E-state index < -0.39 is 0 Å². The number of benzene rings is 2. The minimum atomic E-state index is -0.165. The molecule has 0 bridgehead atoms. The molecule has 1 fully saturated rings. The van der Waals surface area contributed by atoms with Crippen molar-refractivity contribution >= 4 is 29.0 Å². The van der Waals surface area contributed by atoms with Crippen LogP contribution in [0.25, 0.3) is 11.1 Å². The Kier molecular flexibility index (Phi) is 6.21. The van der Waals surface area contributed by atoms with Gasteiger partial charge in [0.2, 0.25) is 5.91 Å². The Hall–Kier alpha value is -3.03. The van der Waals surface area contributed by atoms with Crippen molar-refractivity contribution in [2.45, 2.75) is 6.54 Å². The van der Waals surface area contributed by atoms with Gasteiger partial charge in [-0.1, -0.05) is 29.8 Å². The standard InChI is InChI=1S/C22H23ClN4O3/c1-29-19-4-2-3-18(13-19)24-21(28)15-27-14-20(16-5-7-17(23)8-6-16)22(25-27)26-9-11-30-12-10-26/h2-8,13-14H,9-12,15H2,1H3,(H,24,28). The van der Waals surface area contributed by atoms with Gasteiger partial charge in [-0.25, -0.2) is 0 Å². The fourth-order valence-corrected chi connectivity index (χ4v) is 3.51. The predicted octanol–water partition coefficient (Wildman–Crippen LogP) is 3.69.